The van der Waals surface area contributed by atoms with Crippen LogP contribution in [0.25, 0.3) is 0 Å². The summed E-state index contributed by atoms with van der Waals surface area (Å²) in [5.41, 5.74) is 6.68. The van der Waals surface area contributed by atoms with Gasteiger partial charge in [-0.1, -0.05) is 17.7 Å². The van der Waals surface area contributed by atoms with Gasteiger partial charge >= 0.3 is 0 Å². The van der Waals surface area contributed by atoms with Crippen LogP contribution in [0.4, 0.5) is 0 Å². The second-order valence-electron chi connectivity index (χ2n) is 3.83. The highest BCUT2D eigenvalue weighted by atomic mass is 35.5. The van der Waals surface area contributed by atoms with E-state index in [2.05, 4.69) is 4.90 Å². The van der Waals surface area contributed by atoms with E-state index < -0.39 is 0 Å². The summed E-state index contributed by atoms with van der Waals surface area (Å²) in [6.45, 7) is 0.588. The molecular formula is C11H17ClN2O. The molecule has 84 valence electrons. The van der Waals surface area contributed by atoms with Crippen molar-refractivity contribution in [1.29, 1.82) is 0 Å². The molecule has 1 atom stereocenters. The normalized spacial score (nSPS) is 13.1. The summed E-state index contributed by atoms with van der Waals surface area (Å²) < 4.78 is 0. The highest BCUT2D eigenvalue weighted by Gasteiger charge is 2.12. The molecule has 15 heavy (non-hydrogen) atoms. The fourth-order valence-corrected chi connectivity index (χ4v) is 1.68. The van der Waals surface area contributed by atoms with Gasteiger partial charge in [-0.15, -0.1) is 0 Å². The van der Waals surface area contributed by atoms with E-state index in [9.17, 15) is 5.11 Å². The first-order valence-corrected chi connectivity index (χ1v) is 5.26. The van der Waals surface area contributed by atoms with Crippen LogP contribution in [-0.4, -0.2) is 36.7 Å². The van der Waals surface area contributed by atoms with Crippen LogP contribution in [0.5, 0.6) is 5.75 Å². The second-order valence-corrected chi connectivity index (χ2v) is 4.24. The zero-order valence-corrected chi connectivity index (χ0v) is 9.83. The number of phenols is 1. The first-order chi connectivity index (χ1) is 7.04. The zero-order valence-electron chi connectivity index (χ0n) is 9.07. The van der Waals surface area contributed by atoms with Crippen LogP contribution in [0, 0.1) is 0 Å². The number of nitrogens with zero attached hydrogens (tertiary/aromatic N) is 1. The van der Waals surface area contributed by atoms with E-state index in [1.54, 1.807) is 12.1 Å². The van der Waals surface area contributed by atoms with E-state index in [0.717, 1.165) is 12.0 Å². The van der Waals surface area contributed by atoms with Crippen LogP contribution >= 0.6 is 11.6 Å². The Labute approximate surface area is 95.5 Å². The molecule has 0 aromatic heterocycles. The molecule has 1 aromatic carbocycles. The van der Waals surface area contributed by atoms with Gasteiger partial charge in [0.05, 0.1) is 0 Å². The molecular weight excluding hydrogens is 212 g/mol. The highest BCUT2D eigenvalue weighted by molar-refractivity contribution is 6.31. The molecule has 4 heteroatoms. The maximum absolute atomic E-state index is 9.22. The lowest BCUT2D eigenvalue weighted by molar-refractivity contribution is 0.298. The van der Waals surface area contributed by atoms with Crippen LogP contribution < -0.4 is 5.73 Å². The Kier molecular flexibility index (Phi) is 4.39. The minimum atomic E-state index is 0.193. The minimum absolute atomic E-state index is 0.193. The molecule has 0 unspecified atom stereocenters. The Bertz CT molecular complexity index is 328. The lowest BCUT2D eigenvalue weighted by atomic mass is 10.1. The van der Waals surface area contributed by atoms with E-state index in [1.165, 1.54) is 0 Å². The Morgan fingerprint density at radius 2 is 2.13 bits per heavy atom. The molecule has 0 fully saturated rings. The highest BCUT2D eigenvalue weighted by Crippen LogP contribution is 2.23. The predicted octanol–water partition coefficient (Wildman–Crippen LogP) is 1.48. The van der Waals surface area contributed by atoms with E-state index in [4.69, 9.17) is 17.3 Å². The zero-order chi connectivity index (χ0) is 11.4. The molecule has 0 saturated carbocycles. The number of phenolic OH excluding ortho intramolecular Hbond substituents is 1. The Morgan fingerprint density at radius 3 is 2.60 bits per heavy atom. The number of hydrogen-bond donors (Lipinski definition) is 2. The summed E-state index contributed by atoms with van der Waals surface area (Å²) in [6, 6.07) is 5.31. The Hall–Kier alpha value is -0.770. The van der Waals surface area contributed by atoms with Crippen molar-refractivity contribution in [2.24, 2.45) is 5.73 Å². The molecule has 0 radical (unpaired) electrons. The van der Waals surface area contributed by atoms with Crippen molar-refractivity contribution in [2.75, 3.05) is 20.6 Å². The van der Waals surface area contributed by atoms with Gasteiger partial charge in [-0.25, -0.2) is 0 Å². The maximum atomic E-state index is 9.22. The van der Waals surface area contributed by atoms with Crippen LogP contribution in [0.1, 0.15) is 5.56 Å². The molecule has 0 amide bonds. The standard InChI is InChI=1S/C11H17ClN2O/c1-14(2)9(7-13)5-8-3-4-10(15)6-11(8)12/h3-4,6,9,15H,5,7,13H2,1-2H3/t9-/m0/s1. The Morgan fingerprint density at radius 1 is 1.47 bits per heavy atom. The van der Waals surface area contributed by atoms with Crippen molar-refractivity contribution >= 4 is 11.6 Å². The van der Waals surface area contributed by atoms with Crippen molar-refractivity contribution in [3.05, 3.63) is 28.8 Å². The molecule has 0 heterocycles. The van der Waals surface area contributed by atoms with Crippen LogP contribution in [0.2, 0.25) is 5.02 Å². The molecule has 3 N–H and O–H groups in total. The number of nitrogens with two attached hydrogens (primary N) is 1. The third-order valence-electron chi connectivity index (χ3n) is 2.49. The van der Waals surface area contributed by atoms with Crippen molar-refractivity contribution < 1.29 is 5.11 Å². The van der Waals surface area contributed by atoms with E-state index in [0.29, 0.717) is 11.6 Å². The molecule has 0 spiro atoms. The van der Waals surface area contributed by atoms with Gasteiger partial charge in [0.1, 0.15) is 5.75 Å². The van der Waals surface area contributed by atoms with E-state index >= 15 is 0 Å². The molecule has 0 bridgehead atoms. The second kappa shape index (κ2) is 5.35. The van der Waals surface area contributed by atoms with E-state index in [1.807, 2.05) is 20.2 Å². The van der Waals surface area contributed by atoms with Crippen molar-refractivity contribution in [1.82, 2.24) is 4.90 Å². The molecule has 3 nitrogen and oxygen atoms in total. The summed E-state index contributed by atoms with van der Waals surface area (Å²) in [5, 5.41) is 9.81. The number of likely N-dealkylation sites (N-methyl/N-ethyl adjacent to an activating group) is 1. The molecule has 1 rings (SSSR count). The average molecular weight is 229 g/mol. The van der Waals surface area contributed by atoms with E-state index in [-0.39, 0.29) is 11.8 Å². The lowest BCUT2D eigenvalue weighted by Crippen LogP contribution is -2.36. The summed E-state index contributed by atoms with van der Waals surface area (Å²) in [7, 11) is 3.98. The fraction of sp³-hybridized carbons (Fsp3) is 0.455. The van der Waals surface area contributed by atoms with Gasteiger partial charge < -0.3 is 15.7 Å². The summed E-state index contributed by atoms with van der Waals surface area (Å²) in [5.74, 6) is 0.193. The third-order valence-corrected chi connectivity index (χ3v) is 2.85. The molecule has 1 aromatic rings. The maximum Gasteiger partial charge on any atom is 0.117 e. The number of benzene rings is 1. The van der Waals surface area contributed by atoms with Crippen LogP contribution in [0.3, 0.4) is 0 Å². The van der Waals surface area contributed by atoms with Crippen molar-refractivity contribution in [3.63, 3.8) is 0 Å². The summed E-state index contributed by atoms with van der Waals surface area (Å²) >= 11 is 6.02. The third kappa shape index (κ3) is 3.38. The lowest BCUT2D eigenvalue weighted by Gasteiger charge is -2.23. The minimum Gasteiger partial charge on any atom is -0.508 e. The SMILES string of the molecule is CN(C)[C@H](CN)Cc1ccc(O)cc1Cl. The van der Waals surface area contributed by atoms with Gasteiger partial charge in [-0.2, -0.15) is 0 Å². The molecule has 0 aliphatic heterocycles. The monoisotopic (exact) mass is 228 g/mol. The molecule has 0 saturated heterocycles. The summed E-state index contributed by atoms with van der Waals surface area (Å²) in [6.07, 6.45) is 0.794. The van der Waals surface area contributed by atoms with Gasteiger partial charge in [-0.3, -0.25) is 0 Å². The van der Waals surface area contributed by atoms with Gasteiger partial charge in [0.2, 0.25) is 0 Å². The Balaban J connectivity index is 2.79. The number of rotatable bonds is 4. The first kappa shape index (κ1) is 12.3. The van der Waals surface area contributed by atoms with Crippen molar-refractivity contribution in [2.45, 2.75) is 12.5 Å². The summed E-state index contributed by atoms with van der Waals surface area (Å²) in [4.78, 5) is 2.07. The predicted molar refractivity (Wildman–Crippen MR) is 63.4 cm³/mol. The first-order valence-electron chi connectivity index (χ1n) is 4.88. The van der Waals surface area contributed by atoms with Crippen LogP contribution in [-0.2, 0) is 6.42 Å². The van der Waals surface area contributed by atoms with Gasteiger partial charge in [0, 0.05) is 17.6 Å². The average Bonchev–Trinajstić information content (AvgIpc) is 2.16. The van der Waals surface area contributed by atoms with Crippen molar-refractivity contribution in [3.8, 4) is 5.75 Å². The smallest absolute Gasteiger partial charge is 0.117 e. The van der Waals surface area contributed by atoms with Gasteiger partial charge in [0.25, 0.3) is 0 Å². The number of halogens is 1. The topological polar surface area (TPSA) is 49.5 Å². The largest absolute Gasteiger partial charge is 0.508 e. The number of aromatic hydroxyl groups is 1. The van der Waals surface area contributed by atoms with Gasteiger partial charge in [-0.05, 0) is 38.2 Å². The fourth-order valence-electron chi connectivity index (χ4n) is 1.43. The quantitative estimate of drug-likeness (QED) is 0.821. The molecule has 0 aliphatic carbocycles. The molecule has 0 aliphatic rings. The van der Waals surface area contributed by atoms with Gasteiger partial charge in [0.15, 0.2) is 0 Å². The number of hydrogen-bond acceptors (Lipinski definition) is 3. The van der Waals surface area contributed by atoms with Crippen LogP contribution in [0.15, 0.2) is 18.2 Å².